The quantitative estimate of drug-likeness (QED) is 0.555. The Morgan fingerprint density at radius 3 is 2.30 bits per heavy atom. The van der Waals surface area contributed by atoms with Crippen LogP contribution in [0, 0.1) is 0 Å². The lowest BCUT2D eigenvalue weighted by Crippen LogP contribution is -2.16. The summed E-state index contributed by atoms with van der Waals surface area (Å²) in [4.78, 5) is 0. The van der Waals surface area contributed by atoms with Crippen LogP contribution < -0.4 is 0 Å². The van der Waals surface area contributed by atoms with Gasteiger partial charge in [0.05, 0.1) is 0 Å². The molecule has 0 spiro atoms. The average Bonchev–Trinajstić information content (AvgIpc) is 1.88. The van der Waals surface area contributed by atoms with E-state index in [9.17, 15) is 0 Å². The molecular formula is C6H8BClO2. The molecule has 0 amide bonds. The van der Waals surface area contributed by atoms with Crippen LogP contribution >= 0.6 is 11.6 Å². The molecule has 0 unspecified atom stereocenters. The van der Waals surface area contributed by atoms with E-state index in [0.717, 1.165) is 12.8 Å². The highest BCUT2D eigenvalue weighted by Gasteiger charge is 2.18. The zero-order chi connectivity index (χ0) is 7.56. The van der Waals surface area contributed by atoms with Gasteiger partial charge in [0.25, 0.3) is 0 Å². The molecule has 0 bridgehead atoms. The van der Waals surface area contributed by atoms with E-state index in [-0.39, 0.29) is 0 Å². The summed E-state index contributed by atoms with van der Waals surface area (Å²) in [6.07, 6.45) is 5.25. The van der Waals surface area contributed by atoms with E-state index in [1.165, 1.54) is 0 Å². The van der Waals surface area contributed by atoms with Gasteiger partial charge in [0.1, 0.15) is 0 Å². The van der Waals surface area contributed by atoms with Gasteiger partial charge in [-0.3, -0.25) is 0 Å². The van der Waals surface area contributed by atoms with E-state index in [2.05, 4.69) is 0 Å². The van der Waals surface area contributed by atoms with Gasteiger partial charge in [-0.2, -0.15) is 0 Å². The van der Waals surface area contributed by atoms with Crippen LogP contribution in [-0.2, 0) is 0 Å². The number of halogens is 1. The fraction of sp³-hybridized carbons (Fsp3) is 0.333. The number of hydrogen-bond donors (Lipinski definition) is 2. The summed E-state index contributed by atoms with van der Waals surface area (Å²) in [5.74, 6) is 0. The van der Waals surface area contributed by atoms with E-state index in [0.29, 0.717) is 10.5 Å². The first-order valence-corrected chi connectivity index (χ1v) is 3.52. The van der Waals surface area contributed by atoms with E-state index in [4.69, 9.17) is 21.6 Å². The van der Waals surface area contributed by atoms with Crippen molar-refractivity contribution in [1.82, 2.24) is 0 Å². The summed E-state index contributed by atoms with van der Waals surface area (Å²) >= 11 is 5.65. The van der Waals surface area contributed by atoms with Gasteiger partial charge in [-0.1, -0.05) is 23.8 Å². The second kappa shape index (κ2) is 3.24. The zero-order valence-corrected chi connectivity index (χ0v) is 6.17. The summed E-state index contributed by atoms with van der Waals surface area (Å²) in [6.45, 7) is 0. The Morgan fingerprint density at radius 1 is 1.30 bits per heavy atom. The molecule has 0 aromatic rings. The van der Waals surface area contributed by atoms with Crippen LogP contribution in [0.15, 0.2) is 22.7 Å². The lowest BCUT2D eigenvalue weighted by atomic mass is 9.76. The maximum Gasteiger partial charge on any atom is 0.489 e. The Hall–Kier alpha value is -0.245. The van der Waals surface area contributed by atoms with Gasteiger partial charge in [0, 0.05) is 5.03 Å². The highest BCUT2D eigenvalue weighted by Crippen LogP contribution is 2.22. The SMILES string of the molecule is OB(O)C1=CCCC=C1Cl. The third-order valence-electron chi connectivity index (χ3n) is 1.41. The van der Waals surface area contributed by atoms with Gasteiger partial charge >= 0.3 is 7.12 Å². The topological polar surface area (TPSA) is 40.5 Å². The molecule has 0 aromatic heterocycles. The van der Waals surface area contributed by atoms with Crippen molar-refractivity contribution in [2.24, 2.45) is 0 Å². The van der Waals surface area contributed by atoms with E-state index in [1.54, 1.807) is 12.2 Å². The molecule has 1 rings (SSSR count). The number of rotatable bonds is 1. The summed E-state index contributed by atoms with van der Waals surface area (Å²) < 4.78 is 0. The van der Waals surface area contributed by atoms with E-state index >= 15 is 0 Å². The van der Waals surface area contributed by atoms with E-state index in [1.807, 2.05) is 0 Å². The molecule has 0 aliphatic heterocycles. The van der Waals surface area contributed by atoms with Crippen LogP contribution in [-0.4, -0.2) is 17.2 Å². The van der Waals surface area contributed by atoms with Crippen molar-refractivity contribution in [1.29, 1.82) is 0 Å². The van der Waals surface area contributed by atoms with Crippen LogP contribution in [0.25, 0.3) is 0 Å². The Kier molecular flexibility index (Phi) is 2.54. The van der Waals surface area contributed by atoms with Crippen LogP contribution in [0.3, 0.4) is 0 Å². The Balaban J connectivity index is 2.74. The van der Waals surface area contributed by atoms with Gasteiger partial charge in [-0.05, 0) is 18.3 Å². The molecule has 0 saturated heterocycles. The minimum absolute atomic E-state index is 0.424. The second-order valence-electron chi connectivity index (χ2n) is 2.16. The molecule has 10 heavy (non-hydrogen) atoms. The summed E-state index contributed by atoms with van der Waals surface area (Å²) in [6, 6.07) is 0. The Morgan fingerprint density at radius 2 is 1.90 bits per heavy atom. The largest absolute Gasteiger partial charge is 0.489 e. The second-order valence-corrected chi connectivity index (χ2v) is 2.57. The number of allylic oxidation sites excluding steroid dienone is 4. The first-order chi connectivity index (χ1) is 4.72. The third-order valence-corrected chi connectivity index (χ3v) is 1.78. The average molecular weight is 158 g/mol. The summed E-state index contributed by atoms with van der Waals surface area (Å²) in [5, 5.41) is 17.9. The molecule has 0 heterocycles. The van der Waals surface area contributed by atoms with Crippen molar-refractivity contribution in [2.75, 3.05) is 0 Å². The fourth-order valence-electron chi connectivity index (χ4n) is 0.893. The van der Waals surface area contributed by atoms with Crippen molar-refractivity contribution >= 4 is 18.7 Å². The van der Waals surface area contributed by atoms with Crippen LogP contribution in [0.2, 0.25) is 0 Å². The van der Waals surface area contributed by atoms with Gasteiger partial charge < -0.3 is 10.0 Å². The molecule has 54 valence electrons. The standard InChI is InChI=1S/C6H8BClO2/c8-6-4-2-1-3-5(6)7(9)10/h3-4,9-10H,1-2H2. The molecule has 0 fully saturated rings. The molecule has 0 aromatic carbocycles. The van der Waals surface area contributed by atoms with Crippen molar-refractivity contribution < 1.29 is 10.0 Å². The van der Waals surface area contributed by atoms with Crippen LogP contribution in [0.1, 0.15) is 12.8 Å². The third kappa shape index (κ3) is 1.63. The summed E-state index contributed by atoms with van der Waals surface area (Å²) in [5.41, 5.74) is 0.424. The summed E-state index contributed by atoms with van der Waals surface area (Å²) in [7, 11) is -1.43. The predicted molar refractivity (Wildman–Crippen MR) is 41.4 cm³/mol. The minimum atomic E-state index is -1.43. The van der Waals surface area contributed by atoms with Crippen molar-refractivity contribution in [3.8, 4) is 0 Å². The Bertz CT molecular complexity index is 186. The molecule has 0 atom stereocenters. The first kappa shape index (κ1) is 7.86. The van der Waals surface area contributed by atoms with E-state index < -0.39 is 7.12 Å². The normalized spacial score (nSPS) is 17.9. The molecule has 2 N–H and O–H groups in total. The van der Waals surface area contributed by atoms with Crippen molar-refractivity contribution in [2.45, 2.75) is 12.8 Å². The lowest BCUT2D eigenvalue weighted by molar-refractivity contribution is 0.420. The smallest absolute Gasteiger partial charge is 0.423 e. The van der Waals surface area contributed by atoms with Crippen molar-refractivity contribution in [3.05, 3.63) is 22.7 Å². The lowest BCUT2D eigenvalue weighted by Gasteiger charge is -2.08. The first-order valence-electron chi connectivity index (χ1n) is 3.14. The maximum atomic E-state index is 8.71. The molecule has 1 aliphatic carbocycles. The highest BCUT2D eigenvalue weighted by molar-refractivity contribution is 6.56. The minimum Gasteiger partial charge on any atom is -0.423 e. The number of hydrogen-bond acceptors (Lipinski definition) is 2. The molecular weight excluding hydrogens is 150 g/mol. The molecule has 2 nitrogen and oxygen atoms in total. The highest BCUT2D eigenvalue weighted by atomic mass is 35.5. The molecule has 1 aliphatic rings. The van der Waals surface area contributed by atoms with Crippen molar-refractivity contribution in [3.63, 3.8) is 0 Å². The van der Waals surface area contributed by atoms with Crippen LogP contribution in [0.5, 0.6) is 0 Å². The molecule has 0 saturated carbocycles. The Labute approximate surface area is 65.0 Å². The zero-order valence-electron chi connectivity index (χ0n) is 5.42. The van der Waals surface area contributed by atoms with Gasteiger partial charge in [0.15, 0.2) is 0 Å². The van der Waals surface area contributed by atoms with Gasteiger partial charge in [0.2, 0.25) is 0 Å². The molecule has 0 radical (unpaired) electrons. The molecule has 4 heteroatoms. The van der Waals surface area contributed by atoms with Crippen LogP contribution in [0.4, 0.5) is 0 Å². The maximum absolute atomic E-state index is 8.71. The monoisotopic (exact) mass is 158 g/mol. The predicted octanol–water partition coefficient (Wildman–Crippen LogP) is 0.841. The van der Waals surface area contributed by atoms with Gasteiger partial charge in [-0.15, -0.1) is 0 Å². The van der Waals surface area contributed by atoms with Gasteiger partial charge in [-0.25, -0.2) is 0 Å². The fourth-order valence-corrected chi connectivity index (χ4v) is 1.18.